The van der Waals surface area contributed by atoms with Gasteiger partial charge < -0.3 is 14.5 Å². The minimum atomic E-state index is 0.00180. The van der Waals surface area contributed by atoms with Gasteiger partial charge in [-0.3, -0.25) is 14.5 Å². The predicted octanol–water partition coefficient (Wildman–Crippen LogP) is 6.15. The van der Waals surface area contributed by atoms with E-state index in [1.54, 1.807) is 6.92 Å². The molecule has 0 aliphatic carbocycles. The Morgan fingerprint density at radius 1 is 0.875 bits per heavy atom. The van der Waals surface area contributed by atoms with E-state index in [0.717, 1.165) is 42.8 Å². The summed E-state index contributed by atoms with van der Waals surface area (Å²) in [5.41, 5.74) is 3.82. The lowest BCUT2D eigenvalue weighted by molar-refractivity contribution is -0.116. The van der Waals surface area contributed by atoms with Crippen LogP contribution in [0.5, 0.6) is 5.75 Å². The summed E-state index contributed by atoms with van der Waals surface area (Å²) in [5.74, 6) is 1.24. The zero-order valence-corrected chi connectivity index (χ0v) is 24.0. The monoisotopic (exact) mass is 539 g/mol. The first-order valence-electron chi connectivity index (χ1n) is 14.6. The highest BCUT2D eigenvalue weighted by Gasteiger charge is 2.36. The third-order valence-corrected chi connectivity index (χ3v) is 8.09. The van der Waals surface area contributed by atoms with Crippen LogP contribution < -0.4 is 9.64 Å². The predicted molar refractivity (Wildman–Crippen MR) is 159 cm³/mol. The van der Waals surface area contributed by atoms with Crippen molar-refractivity contribution in [1.82, 2.24) is 9.80 Å². The molecule has 0 unspecified atom stereocenters. The van der Waals surface area contributed by atoms with Crippen LogP contribution in [0.4, 0.5) is 5.69 Å². The smallest absolute Gasteiger partial charge is 0.254 e. The number of hydrogen-bond acceptors (Lipinski definition) is 4. The van der Waals surface area contributed by atoms with Crippen molar-refractivity contribution in [3.05, 3.63) is 95.6 Å². The summed E-state index contributed by atoms with van der Waals surface area (Å²) in [4.78, 5) is 33.4. The molecular weight excluding hydrogens is 498 g/mol. The number of benzene rings is 3. The molecule has 40 heavy (non-hydrogen) atoms. The molecular formula is C34H41N3O3. The second kappa shape index (κ2) is 12.7. The van der Waals surface area contributed by atoms with E-state index in [1.807, 2.05) is 64.4 Å². The molecule has 3 aromatic carbocycles. The molecule has 2 bridgehead atoms. The van der Waals surface area contributed by atoms with Crippen LogP contribution in [-0.4, -0.2) is 53.4 Å². The summed E-state index contributed by atoms with van der Waals surface area (Å²) in [6.45, 7) is 9.12. The Hall–Kier alpha value is -3.64. The van der Waals surface area contributed by atoms with Gasteiger partial charge in [-0.25, -0.2) is 0 Å². The Bertz CT molecular complexity index is 1290. The maximum atomic E-state index is 14.1. The van der Waals surface area contributed by atoms with Gasteiger partial charge >= 0.3 is 0 Å². The van der Waals surface area contributed by atoms with E-state index in [9.17, 15) is 9.59 Å². The van der Waals surface area contributed by atoms with Gasteiger partial charge in [0.1, 0.15) is 5.75 Å². The molecule has 2 atom stereocenters. The molecule has 2 aliphatic heterocycles. The van der Waals surface area contributed by atoms with E-state index in [1.165, 1.54) is 5.56 Å². The van der Waals surface area contributed by atoms with Crippen LogP contribution in [0.1, 0.15) is 61.5 Å². The minimum absolute atomic E-state index is 0.00180. The molecule has 3 aromatic rings. The summed E-state index contributed by atoms with van der Waals surface area (Å²) in [5, 5.41) is 0. The third-order valence-electron chi connectivity index (χ3n) is 8.09. The summed E-state index contributed by atoms with van der Waals surface area (Å²) in [6, 6.07) is 26.7. The number of ether oxygens (including phenoxy) is 1. The molecule has 0 N–H and O–H groups in total. The maximum Gasteiger partial charge on any atom is 0.254 e. The first-order chi connectivity index (χ1) is 19.4. The molecule has 0 spiro atoms. The van der Waals surface area contributed by atoms with Crippen LogP contribution in [0.15, 0.2) is 78.9 Å². The fourth-order valence-corrected chi connectivity index (χ4v) is 6.03. The van der Waals surface area contributed by atoms with Crippen molar-refractivity contribution in [2.75, 3.05) is 24.6 Å². The molecule has 210 valence electrons. The summed E-state index contributed by atoms with van der Waals surface area (Å²) in [7, 11) is 0. The number of carbonyl (C=O) groups excluding carboxylic acids is 2. The van der Waals surface area contributed by atoms with Crippen molar-refractivity contribution in [3.63, 3.8) is 0 Å². The van der Waals surface area contributed by atoms with E-state index >= 15 is 0 Å². The van der Waals surface area contributed by atoms with Crippen molar-refractivity contribution in [2.24, 2.45) is 5.92 Å². The summed E-state index contributed by atoms with van der Waals surface area (Å²) >= 11 is 0. The number of rotatable bonds is 6. The van der Waals surface area contributed by atoms with Crippen LogP contribution in [0.2, 0.25) is 0 Å². The second-order valence-corrected chi connectivity index (χ2v) is 11.5. The first-order valence-corrected chi connectivity index (χ1v) is 14.6. The average Bonchev–Trinajstić information content (AvgIpc) is 3.31. The second-order valence-electron chi connectivity index (χ2n) is 11.5. The number of hydrogen-bond donors (Lipinski definition) is 0. The van der Waals surface area contributed by atoms with Gasteiger partial charge in [0.25, 0.3) is 5.91 Å². The maximum absolute atomic E-state index is 14.1. The SMILES string of the molecule is CC(=O)N1CC[C@@H]2CC[C@H](CN(C(=O)c3ccc(OCC(C)C)cc3)Cc3ccccc31)N2Cc1ccccc1. The molecule has 1 fully saturated rings. The lowest BCUT2D eigenvalue weighted by atomic mass is 10.1. The standard InChI is InChI=1S/C34H41N3O3/c1-25(2)24-40-32-17-13-28(14-18-32)34(39)35-22-29-11-7-8-12-33(29)36(26(3)38)20-19-30-15-16-31(23-35)37(30)21-27-9-5-4-6-10-27/h4-14,17-18,25,30-31H,15-16,19-24H2,1-3H3/t30-,31+/m0/s1. The van der Waals surface area contributed by atoms with Crippen molar-refractivity contribution < 1.29 is 14.3 Å². The third kappa shape index (κ3) is 6.56. The van der Waals surface area contributed by atoms with Crippen molar-refractivity contribution in [3.8, 4) is 5.75 Å². The Labute approximate surface area is 238 Å². The van der Waals surface area contributed by atoms with E-state index in [4.69, 9.17) is 4.74 Å². The zero-order valence-electron chi connectivity index (χ0n) is 24.0. The van der Waals surface area contributed by atoms with Gasteiger partial charge in [-0.05, 0) is 66.6 Å². The average molecular weight is 540 g/mol. The van der Waals surface area contributed by atoms with Gasteiger partial charge in [-0.2, -0.15) is 0 Å². The van der Waals surface area contributed by atoms with Crippen molar-refractivity contribution in [1.29, 1.82) is 0 Å². The molecule has 2 aliphatic rings. The number of nitrogens with zero attached hydrogens (tertiary/aromatic N) is 3. The van der Waals surface area contributed by atoms with Gasteiger partial charge in [0, 0.05) is 56.4 Å². The molecule has 5 rings (SSSR count). The lowest BCUT2D eigenvalue weighted by Crippen LogP contribution is -2.45. The highest BCUT2D eigenvalue weighted by molar-refractivity contribution is 5.95. The number of para-hydroxylation sites is 1. The van der Waals surface area contributed by atoms with Gasteiger partial charge in [0.2, 0.25) is 5.91 Å². The normalized spacial score (nSPS) is 19.7. The number of carbonyl (C=O) groups is 2. The van der Waals surface area contributed by atoms with Crippen molar-refractivity contribution >= 4 is 17.5 Å². The topological polar surface area (TPSA) is 53.1 Å². The number of anilines is 1. The highest BCUT2D eigenvalue weighted by atomic mass is 16.5. The number of amides is 2. The Balaban J connectivity index is 1.48. The quantitative estimate of drug-likeness (QED) is 0.377. The molecule has 1 saturated heterocycles. The molecule has 6 nitrogen and oxygen atoms in total. The molecule has 6 heteroatoms. The highest BCUT2D eigenvalue weighted by Crippen LogP contribution is 2.33. The fourth-order valence-electron chi connectivity index (χ4n) is 6.03. The Morgan fingerprint density at radius 2 is 1.57 bits per heavy atom. The van der Waals surface area contributed by atoms with E-state index < -0.39 is 0 Å². The summed E-state index contributed by atoms with van der Waals surface area (Å²) in [6.07, 6.45) is 3.00. The molecule has 2 amide bonds. The van der Waals surface area contributed by atoms with Crippen LogP contribution in [0, 0.1) is 5.92 Å². The largest absolute Gasteiger partial charge is 0.493 e. The van der Waals surface area contributed by atoms with Crippen LogP contribution >= 0.6 is 0 Å². The summed E-state index contributed by atoms with van der Waals surface area (Å²) < 4.78 is 5.85. The van der Waals surface area contributed by atoms with Crippen LogP contribution in [0.25, 0.3) is 0 Å². The molecule has 0 aromatic heterocycles. The fraction of sp³-hybridized carbons (Fsp3) is 0.412. The first kappa shape index (κ1) is 27.9. The van der Waals surface area contributed by atoms with Gasteiger partial charge in [-0.1, -0.05) is 62.4 Å². The van der Waals surface area contributed by atoms with Gasteiger partial charge in [0.15, 0.2) is 0 Å². The Morgan fingerprint density at radius 3 is 2.30 bits per heavy atom. The molecule has 0 saturated carbocycles. The van der Waals surface area contributed by atoms with E-state index in [2.05, 4.69) is 43.0 Å². The van der Waals surface area contributed by atoms with Gasteiger partial charge in [-0.15, -0.1) is 0 Å². The van der Waals surface area contributed by atoms with E-state index in [-0.39, 0.29) is 17.9 Å². The van der Waals surface area contributed by atoms with Gasteiger partial charge in [0.05, 0.1) is 6.61 Å². The van der Waals surface area contributed by atoms with Crippen LogP contribution in [0.3, 0.4) is 0 Å². The Kier molecular flexibility index (Phi) is 8.85. The van der Waals surface area contributed by atoms with E-state index in [0.29, 0.717) is 43.8 Å². The van der Waals surface area contributed by atoms with Crippen LogP contribution in [-0.2, 0) is 17.9 Å². The number of fused-ring (bicyclic) bond motifs is 3. The molecule has 2 heterocycles. The minimum Gasteiger partial charge on any atom is -0.493 e. The molecule has 0 radical (unpaired) electrons. The zero-order chi connectivity index (χ0) is 28.1. The lowest BCUT2D eigenvalue weighted by Gasteiger charge is -2.34. The van der Waals surface area contributed by atoms with Crippen molar-refractivity contribution in [2.45, 2.75) is 65.2 Å².